The molecular formula is C14H15BrN4. The van der Waals surface area contributed by atoms with Crippen LogP contribution < -0.4 is 5.32 Å². The Balaban J connectivity index is 2.24. The van der Waals surface area contributed by atoms with Gasteiger partial charge in [0.2, 0.25) is 0 Å². The zero-order valence-electron chi connectivity index (χ0n) is 11.2. The highest BCUT2D eigenvalue weighted by Gasteiger charge is 2.10. The number of benzene rings is 1. The van der Waals surface area contributed by atoms with Crippen LogP contribution in [0.5, 0.6) is 0 Å². The van der Waals surface area contributed by atoms with Gasteiger partial charge in [0.05, 0.1) is 16.9 Å². The summed E-state index contributed by atoms with van der Waals surface area (Å²) in [5.41, 5.74) is 4.80. The van der Waals surface area contributed by atoms with E-state index in [9.17, 15) is 0 Å². The maximum atomic E-state index is 9.10. The maximum absolute atomic E-state index is 9.10. The number of aryl methyl sites for hydroxylation is 2. The Labute approximate surface area is 121 Å². The quantitative estimate of drug-likeness (QED) is 0.944. The van der Waals surface area contributed by atoms with Gasteiger partial charge in [-0.15, -0.1) is 0 Å². The molecule has 0 amide bonds. The third kappa shape index (κ3) is 2.79. The van der Waals surface area contributed by atoms with E-state index in [0.717, 1.165) is 21.5 Å². The largest absolute Gasteiger partial charge is 0.380 e. The second-order valence-electron chi connectivity index (χ2n) is 4.43. The maximum Gasteiger partial charge on any atom is 0.101 e. The zero-order chi connectivity index (χ0) is 14.0. The van der Waals surface area contributed by atoms with Gasteiger partial charge in [-0.3, -0.25) is 4.68 Å². The van der Waals surface area contributed by atoms with Gasteiger partial charge in [0.25, 0.3) is 0 Å². The third-order valence-corrected chi connectivity index (χ3v) is 3.71. The SMILES string of the molecule is Cc1nn(C)c(C)c1CNc1cc(Br)ccc1C#N. The van der Waals surface area contributed by atoms with Gasteiger partial charge in [-0.05, 0) is 32.0 Å². The summed E-state index contributed by atoms with van der Waals surface area (Å²) in [5.74, 6) is 0. The predicted molar refractivity (Wildman–Crippen MR) is 78.9 cm³/mol. The first kappa shape index (κ1) is 13.6. The second-order valence-corrected chi connectivity index (χ2v) is 5.34. The minimum absolute atomic E-state index is 0.641. The van der Waals surface area contributed by atoms with E-state index < -0.39 is 0 Å². The Morgan fingerprint density at radius 3 is 2.74 bits per heavy atom. The fourth-order valence-electron chi connectivity index (χ4n) is 2.02. The number of rotatable bonds is 3. The molecule has 2 aromatic rings. The van der Waals surface area contributed by atoms with Gasteiger partial charge in [0.15, 0.2) is 0 Å². The molecule has 1 aromatic carbocycles. The Bertz CT molecular complexity index is 652. The van der Waals surface area contributed by atoms with E-state index in [-0.39, 0.29) is 0 Å². The Morgan fingerprint density at radius 2 is 2.16 bits per heavy atom. The normalized spacial score (nSPS) is 10.3. The number of nitrogens with zero attached hydrogens (tertiary/aromatic N) is 3. The van der Waals surface area contributed by atoms with Gasteiger partial charge in [-0.2, -0.15) is 10.4 Å². The van der Waals surface area contributed by atoms with Crippen LogP contribution in [0, 0.1) is 25.2 Å². The molecule has 4 nitrogen and oxygen atoms in total. The first-order valence-electron chi connectivity index (χ1n) is 5.95. The molecule has 0 atom stereocenters. The van der Waals surface area contributed by atoms with Gasteiger partial charge in [0, 0.05) is 29.3 Å². The Hall–Kier alpha value is -1.80. The lowest BCUT2D eigenvalue weighted by Crippen LogP contribution is -2.03. The van der Waals surface area contributed by atoms with Crippen molar-refractivity contribution < 1.29 is 0 Å². The number of aromatic nitrogens is 2. The molecule has 0 saturated carbocycles. The standard InChI is InChI=1S/C14H15BrN4/c1-9-13(10(2)19(3)18-9)8-17-14-6-12(15)5-4-11(14)7-16/h4-6,17H,8H2,1-3H3. The summed E-state index contributed by atoms with van der Waals surface area (Å²) in [6.07, 6.45) is 0. The number of anilines is 1. The number of hydrogen-bond donors (Lipinski definition) is 1. The summed E-state index contributed by atoms with van der Waals surface area (Å²) in [5, 5.41) is 16.8. The lowest BCUT2D eigenvalue weighted by molar-refractivity contribution is 0.730. The molecule has 0 radical (unpaired) electrons. The fraction of sp³-hybridized carbons (Fsp3) is 0.286. The van der Waals surface area contributed by atoms with Crippen LogP contribution in [0.2, 0.25) is 0 Å². The van der Waals surface area contributed by atoms with Crippen LogP contribution in [0.1, 0.15) is 22.5 Å². The summed E-state index contributed by atoms with van der Waals surface area (Å²) in [7, 11) is 1.94. The monoisotopic (exact) mass is 318 g/mol. The van der Waals surface area contributed by atoms with E-state index >= 15 is 0 Å². The van der Waals surface area contributed by atoms with Crippen molar-refractivity contribution in [3.8, 4) is 6.07 Å². The average molecular weight is 319 g/mol. The smallest absolute Gasteiger partial charge is 0.101 e. The van der Waals surface area contributed by atoms with Crippen LogP contribution in [0.3, 0.4) is 0 Å². The van der Waals surface area contributed by atoms with Crippen LogP contribution in [0.25, 0.3) is 0 Å². The summed E-state index contributed by atoms with van der Waals surface area (Å²) < 4.78 is 2.83. The second kappa shape index (κ2) is 5.45. The minimum Gasteiger partial charge on any atom is -0.380 e. The summed E-state index contributed by atoms with van der Waals surface area (Å²) >= 11 is 3.42. The molecule has 1 heterocycles. The molecule has 0 aliphatic heterocycles. The molecule has 0 aliphatic rings. The first-order valence-corrected chi connectivity index (χ1v) is 6.75. The molecule has 0 bridgehead atoms. The van der Waals surface area contributed by atoms with Crippen molar-refractivity contribution in [2.75, 3.05) is 5.32 Å². The lowest BCUT2D eigenvalue weighted by atomic mass is 10.1. The van der Waals surface area contributed by atoms with Crippen LogP contribution >= 0.6 is 15.9 Å². The van der Waals surface area contributed by atoms with Gasteiger partial charge in [-0.25, -0.2) is 0 Å². The molecule has 0 saturated heterocycles. The molecule has 0 aliphatic carbocycles. The Kier molecular flexibility index (Phi) is 3.91. The molecule has 19 heavy (non-hydrogen) atoms. The van der Waals surface area contributed by atoms with Crippen molar-refractivity contribution in [2.24, 2.45) is 7.05 Å². The third-order valence-electron chi connectivity index (χ3n) is 3.22. The van der Waals surface area contributed by atoms with Gasteiger partial charge in [-0.1, -0.05) is 15.9 Å². The number of halogens is 1. The lowest BCUT2D eigenvalue weighted by Gasteiger charge is -2.09. The number of nitrogens with one attached hydrogen (secondary N) is 1. The van der Waals surface area contributed by atoms with Crippen molar-refractivity contribution in [2.45, 2.75) is 20.4 Å². The highest BCUT2D eigenvalue weighted by Crippen LogP contribution is 2.22. The molecular weight excluding hydrogens is 304 g/mol. The molecule has 1 aromatic heterocycles. The molecule has 5 heteroatoms. The molecule has 98 valence electrons. The van der Waals surface area contributed by atoms with E-state index in [1.165, 1.54) is 5.56 Å². The molecule has 0 spiro atoms. The topological polar surface area (TPSA) is 53.6 Å². The summed E-state index contributed by atoms with van der Waals surface area (Å²) in [6.45, 7) is 4.70. The number of hydrogen-bond acceptors (Lipinski definition) is 3. The average Bonchev–Trinajstić information content (AvgIpc) is 2.61. The molecule has 1 N–H and O–H groups in total. The highest BCUT2D eigenvalue weighted by molar-refractivity contribution is 9.10. The molecule has 0 fully saturated rings. The van der Waals surface area contributed by atoms with Crippen molar-refractivity contribution in [1.82, 2.24) is 9.78 Å². The van der Waals surface area contributed by atoms with Gasteiger partial charge < -0.3 is 5.32 Å². The summed E-state index contributed by atoms with van der Waals surface area (Å²) in [4.78, 5) is 0. The zero-order valence-corrected chi connectivity index (χ0v) is 12.7. The summed E-state index contributed by atoms with van der Waals surface area (Å²) in [6, 6.07) is 7.77. The van der Waals surface area contributed by atoms with Crippen LogP contribution in [-0.4, -0.2) is 9.78 Å². The van der Waals surface area contributed by atoms with Crippen molar-refractivity contribution in [3.05, 3.63) is 45.2 Å². The minimum atomic E-state index is 0.641. The van der Waals surface area contributed by atoms with Crippen LogP contribution in [0.15, 0.2) is 22.7 Å². The fourth-order valence-corrected chi connectivity index (χ4v) is 2.38. The molecule has 0 unspecified atom stereocenters. The van der Waals surface area contributed by atoms with E-state index in [2.05, 4.69) is 32.4 Å². The number of nitriles is 1. The van der Waals surface area contributed by atoms with E-state index in [1.807, 2.05) is 37.7 Å². The van der Waals surface area contributed by atoms with Crippen LogP contribution in [0.4, 0.5) is 5.69 Å². The highest BCUT2D eigenvalue weighted by atomic mass is 79.9. The van der Waals surface area contributed by atoms with E-state index in [0.29, 0.717) is 12.1 Å². The Morgan fingerprint density at radius 1 is 1.42 bits per heavy atom. The van der Waals surface area contributed by atoms with Gasteiger partial charge in [0.1, 0.15) is 6.07 Å². The van der Waals surface area contributed by atoms with Gasteiger partial charge >= 0.3 is 0 Å². The van der Waals surface area contributed by atoms with E-state index in [4.69, 9.17) is 5.26 Å². The first-order chi connectivity index (χ1) is 9.02. The predicted octanol–water partition coefficient (Wildman–Crippen LogP) is 3.28. The van der Waals surface area contributed by atoms with Crippen LogP contribution in [-0.2, 0) is 13.6 Å². The molecule has 2 rings (SSSR count). The van der Waals surface area contributed by atoms with Crippen molar-refractivity contribution >= 4 is 21.6 Å². The van der Waals surface area contributed by atoms with Crippen molar-refractivity contribution in [1.29, 1.82) is 5.26 Å². The van der Waals surface area contributed by atoms with E-state index in [1.54, 1.807) is 6.07 Å². The van der Waals surface area contributed by atoms with Crippen molar-refractivity contribution in [3.63, 3.8) is 0 Å².